The summed E-state index contributed by atoms with van der Waals surface area (Å²) < 4.78 is 44.7. The van der Waals surface area contributed by atoms with Gasteiger partial charge in [-0.1, -0.05) is 6.07 Å². The number of hydrogen-bond acceptors (Lipinski definition) is 11. The highest BCUT2D eigenvalue weighted by molar-refractivity contribution is 6.05. The molecule has 6 aliphatic rings. The minimum atomic E-state index is -1.96. The molecular weight excluding hydrogens is 756 g/mol. The van der Waals surface area contributed by atoms with Gasteiger partial charge in [-0.25, -0.2) is 13.2 Å². The number of nitrogens with zero attached hydrogens (tertiary/aromatic N) is 7. The molecule has 2 aromatic carbocycles. The fraction of sp³-hybridized carbons (Fsp3) is 0.512. The topological polar surface area (TPSA) is 155 Å². The average molecular weight is 802 g/mol. The second kappa shape index (κ2) is 14.4. The second-order valence-corrected chi connectivity index (χ2v) is 16.9. The van der Waals surface area contributed by atoms with Crippen LogP contribution in [0.1, 0.15) is 61.4 Å². The number of aromatic hydroxyl groups is 1. The fourth-order valence-electron chi connectivity index (χ4n) is 9.75. The van der Waals surface area contributed by atoms with Crippen LogP contribution < -0.4 is 20.4 Å². The zero-order valence-corrected chi connectivity index (χ0v) is 32.3. The maximum atomic E-state index is 16.5. The molecule has 0 spiro atoms. The maximum absolute atomic E-state index is 16.5. The van der Waals surface area contributed by atoms with Crippen molar-refractivity contribution in [3.8, 4) is 17.0 Å². The van der Waals surface area contributed by atoms with Crippen LogP contribution in [0, 0.1) is 17.6 Å². The van der Waals surface area contributed by atoms with E-state index in [2.05, 4.69) is 35.5 Å². The lowest BCUT2D eigenvalue weighted by molar-refractivity contribution is -0.149. The largest absolute Gasteiger partial charge is 0.504 e. The summed E-state index contributed by atoms with van der Waals surface area (Å²) >= 11 is 0. The standard InChI is InChI=1S/C41H46F3N9O5/c1-40-22-45-36-33(19-31(47-48-36)29-16-26(42)17-30(43)35(29)55)53(40)15-14-51(23-40)39(58)41(44)8-12-49(13-9-41)20-24-6-10-50(11-7-24)27-3-2-25-21-52(38(57)28(25)18-27)32-4-5-34(54)46-37(32)56/h2-3,16-19,24,32,55H,4-15,20-23H2,1H3,(H,45,48)(H,46,54,56)/t32-,40?/m0/s1. The molecule has 0 aliphatic carbocycles. The molecule has 0 saturated carbocycles. The first-order valence-electron chi connectivity index (χ1n) is 20.1. The van der Waals surface area contributed by atoms with Gasteiger partial charge >= 0.3 is 0 Å². The fourth-order valence-corrected chi connectivity index (χ4v) is 9.75. The Labute approximate surface area is 333 Å². The van der Waals surface area contributed by atoms with Crippen LogP contribution in [-0.2, 0) is 20.9 Å². The Kier molecular flexibility index (Phi) is 9.48. The minimum absolute atomic E-state index is 0.0950. The Balaban J connectivity index is 0.770. The molecule has 3 aromatic rings. The van der Waals surface area contributed by atoms with Gasteiger partial charge < -0.3 is 34.9 Å². The molecule has 4 amide bonds. The molecule has 1 unspecified atom stereocenters. The van der Waals surface area contributed by atoms with E-state index in [0.717, 1.165) is 49.8 Å². The normalized spacial score (nSPS) is 24.9. The Morgan fingerprint density at radius 3 is 2.48 bits per heavy atom. The third kappa shape index (κ3) is 6.75. The van der Waals surface area contributed by atoms with Crippen molar-refractivity contribution in [2.45, 2.75) is 69.2 Å². The molecule has 6 aliphatic heterocycles. The number of alkyl halides is 1. The van der Waals surface area contributed by atoms with Gasteiger partial charge in [-0.3, -0.25) is 24.5 Å². The van der Waals surface area contributed by atoms with Gasteiger partial charge in [0.15, 0.2) is 23.1 Å². The zero-order chi connectivity index (χ0) is 40.5. The molecule has 1 aromatic heterocycles. The number of benzene rings is 2. The molecule has 17 heteroatoms. The predicted octanol–water partition coefficient (Wildman–Crippen LogP) is 3.44. The average Bonchev–Trinajstić information content (AvgIpc) is 3.54. The first kappa shape index (κ1) is 38.1. The first-order valence-corrected chi connectivity index (χ1v) is 20.1. The van der Waals surface area contributed by atoms with Gasteiger partial charge in [0.2, 0.25) is 11.8 Å². The molecule has 3 N–H and O–H groups in total. The van der Waals surface area contributed by atoms with Crippen molar-refractivity contribution in [2.75, 3.05) is 74.0 Å². The molecule has 4 saturated heterocycles. The number of phenolic OH excluding ortho intramolecular Hbond substituents is 1. The van der Waals surface area contributed by atoms with Gasteiger partial charge in [-0.2, -0.15) is 0 Å². The molecule has 306 valence electrons. The van der Waals surface area contributed by atoms with E-state index >= 15 is 4.39 Å². The summed E-state index contributed by atoms with van der Waals surface area (Å²) in [5.74, 6) is -3.20. The highest BCUT2D eigenvalue weighted by Gasteiger charge is 2.50. The van der Waals surface area contributed by atoms with E-state index in [9.17, 15) is 33.1 Å². The first-order chi connectivity index (χ1) is 27.8. The van der Waals surface area contributed by atoms with Crippen LogP contribution in [0.5, 0.6) is 5.75 Å². The van der Waals surface area contributed by atoms with Crippen molar-refractivity contribution in [2.24, 2.45) is 5.92 Å². The molecule has 7 heterocycles. The summed E-state index contributed by atoms with van der Waals surface area (Å²) in [5.41, 5.74) is 0.442. The molecule has 2 atom stereocenters. The molecule has 0 bridgehead atoms. The van der Waals surface area contributed by atoms with Crippen LogP contribution in [-0.4, -0.2) is 130 Å². The van der Waals surface area contributed by atoms with Crippen LogP contribution in [0.4, 0.5) is 30.4 Å². The van der Waals surface area contributed by atoms with Crippen molar-refractivity contribution in [3.63, 3.8) is 0 Å². The number of nitrogens with one attached hydrogen (secondary N) is 2. The third-order valence-corrected chi connectivity index (χ3v) is 13.1. The number of carbonyl (C=O) groups excluding carboxylic acids is 4. The number of rotatable bonds is 6. The predicted molar refractivity (Wildman–Crippen MR) is 207 cm³/mol. The summed E-state index contributed by atoms with van der Waals surface area (Å²) in [4.78, 5) is 61.1. The molecule has 58 heavy (non-hydrogen) atoms. The van der Waals surface area contributed by atoms with E-state index in [1.165, 1.54) is 0 Å². The maximum Gasteiger partial charge on any atom is 0.260 e. The second-order valence-electron chi connectivity index (χ2n) is 16.9. The van der Waals surface area contributed by atoms with Crippen LogP contribution >= 0.6 is 0 Å². The van der Waals surface area contributed by atoms with Crippen LogP contribution in [0.3, 0.4) is 0 Å². The van der Waals surface area contributed by atoms with Crippen molar-refractivity contribution >= 4 is 40.8 Å². The van der Waals surface area contributed by atoms with E-state index in [4.69, 9.17) is 0 Å². The zero-order valence-electron chi connectivity index (χ0n) is 32.3. The summed E-state index contributed by atoms with van der Waals surface area (Å²) in [7, 11) is 0. The molecule has 0 radical (unpaired) electrons. The number of likely N-dealkylation sites (tertiary alicyclic amines) is 1. The Morgan fingerprint density at radius 2 is 1.72 bits per heavy atom. The number of piperidine rings is 3. The number of fused-ring (bicyclic) bond motifs is 4. The van der Waals surface area contributed by atoms with E-state index < -0.39 is 46.4 Å². The lowest BCUT2D eigenvalue weighted by atomic mass is 9.87. The Morgan fingerprint density at radius 1 is 0.948 bits per heavy atom. The van der Waals surface area contributed by atoms with Gasteiger partial charge in [0.05, 0.1) is 16.9 Å². The van der Waals surface area contributed by atoms with Gasteiger partial charge in [0.25, 0.3) is 11.8 Å². The van der Waals surface area contributed by atoms with Crippen LogP contribution in [0.2, 0.25) is 0 Å². The third-order valence-electron chi connectivity index (χ3n) is 13.1. The van der Waals surface area contributed by atoms with Crippen molar-refractivity contribution < 1.29 is 37.5 Å². The van der Waals surface area contributed by atoms with Gasteiger partial charge in [-0.05, 0) is 61.9 Å². The van der Waals surface area contributed by atoms with Crippen LogP contribution in [0.25, 0.3) is 11.3 Å². The van der Waals surface area contributed by atoms with Gasteiger partial charge in [0.1, 0.15) is 11.9 Å². The minimum Gasteiger partial charge on any atom is -0.504 e. The lowest BCUT2D eigenvalue weighted by Crippen LogP contribution is -2.68. The quantitative estimate of drug-likeness (QED) is 0.315. The number of aromatic nitrogens is 2. The van der Waals surface area contributed by atoms with E-state index in [-0.39, 0.29) is 55.4 Å². The number of hydrogen-bond donors (Lipinski definition) is 3. The lowest BCUT2D eigenvalue weighted by Gasteiger charge is -2.53. The van der Waals surface area contributed by atoms with Gasteiger partial charge in [0, 0.05) is 108 Å². The highest BCUT2D eigenvalue weighted by atomic mass is 19.1. The smallest absolute Gasteiger partial charge is 0.260 e. The summed E-state index contributed by atoms with van der Waals surface area (Å²) in [6.07, 6.45) is 2.67. The summed E-state index contributed by atoms with van der Waals surface area (Å²) in [6.45, 7) is 7.11. The summed E-state index contributed by atoms with van der Waals surface area (Å²) in [6, 6.07) is 8.48. The van der Waals surface area contributed by atoms with Crippen LogP contribution in [0.15, 0.2) is 36.4 Å². The van der Waals surface area contributed by atoms with Crippen molar-refractivity contribution in [1.29, 1.82) is 0 Å². The molecule has 9 rings (SSSR count). The monoisotopic (exact) mass is 801 g/mol. The van der Waals surface area contributed by atoms with E-state index in [1.54, 1.807) is 15.9 Å². The van der Waals surface area contributed by atoms with E-state index in [0.29, 0.717) is 68.2 Å². The molecule has 14 nitrogen and oxygen atoms in total. The Hall–Kier alpha value is -5.45. The summed E-state index contributed by atoms with van der Waals surface area (Å²) in [5, 5.41) is 24.2. The number of amides is 4. The van der Waals surface area contributed by atoms with Crippen molar-refractivity contribution in [1.82, 2.24) is 30.2 Å². The number of halogens is 3. The molecular formula is C41H46F3N9O5. The van der Waals surface area contributed by atoms with E-state index in [1.807, 2.05) is 25.1 Å². The number of carbonyl (C=O) groups is 4. The number of piperazine rings is 1. The molecule has 4 fully saturated rings. The van der Waals surface area contributed by atoms with Crippen molar-refractivity contribution in [3.05, 3.63) is 59.2 Å². The Bertz CT molecular complexity index is 2190. The number of phenols is 1. The SMILES string of the molecule is CC12CNc3nnc(-c4cc(F)cc(F)c4O)cc3N1CCN(C(=O)C1(F)CCN(CC3CCN(c4ccc5c(c4)C(=O)N([C@H]4CCC(=O)NC4=O)C5)CC3)CC1)C2. The highest BCUT2D eigenvalue weighted by Crippen LogP contribution is 2.42. The number of imide groups is 1. The number of anilines is 3. The van der Waals surface area contributed by atoms with Gasteiger partial charge in [-0.15, -0.1) is 10.2 Å².